The van der Waals surface area contributed by atoms with Crippen LogP contribution in [0, 0.1) is 0 Å². The number of carbonyl (C=O) groups is 1. The van der Waals surface area contributed by atoms with Gasteiger partial charge in [0.25, 0.3) is 0 Å². The molecule has 0 spiro atoms. The summed E-state index contributed by atoms with van der Waals surface area (Å²) in [4.78, 5) is 11.7. The summed E-state index contributed by atoms with van der Waals surface area (Å²) >= 11 is 0. The van der Waals surface area contributed by atoms with Crippen molar-refractivity contribution in [3.05, 3.63) is 29.8 Å². The van der Waals surface area contributed by atoms with Gasteiger partial charge in [-0.25, -0.2) is 0 Å². The quantitative estimate of drug-likeness (QED) is 0.707. The maximum absolute atomic E-state index is 11.7. The van der Waals surface area contributed by atoms with E-state index in [1.165, 1.54) is 0 Å². The predicted octanol–water partition coefficient (Wildman–Crippen LogP) is 2.56. The smallest absolute Gasteiger partial charge is 0.224 e. The molecule has 0 bridgehead atoms. The number of amides is 1. The third kappa shape index (κ3) is 7.14. The molecule has 1 rings (SSSR count). The van der Waals surface area contributed by atoms with E-state index in [4.69, 9.17) is 9.47 Å². The Labute approximate surface area is 121 Å². The zero-order valence-electron chi connectivity index (χ0n) is 12.6. The summed E-state index contributed by atoms with van der Waals surface area (Å²) < 4.78 is 10.8. The highest BCUT2D eigenvalue weighted by atomic mass is 16.5. The molecule has 1 aromatic rings. The van der Waals surface area contributed by atoms with Gasteiger partial charge in [0.05, 0.1) is 19.1 Å². The van der Waals surface area contributed by atoms with E-state index in [-0.39, 0.29) is 12.0 Å². The molecule has 0 atom stereocenters. The molecule has 0 radical (unpaired) electrons. The van der Waals surface area contributed by atoms with E-state index >= 15 is 0 Å². The number of hydrogen-bond acceptors (Lipinski definition) is 3. The van der Waals surface area contributed by atoms with E-state index in [1.54, 1.807) is 0 Å². The van der Waals surface area contributed by atoms with Gasteiger partial charge in [0.1, 0.15) is 5.75 Å². The van der Waals surface area contributed by atoms with Crippen LogP contribution in [0.15, 0.2) is 24.3 Å². The van der Waals surface area contributed by atoms with E-state index in [1.807, 2.05) is 45.0 Å². The van der Waals surface area contributed by atoms with Crippen molar-refractivity contribution in [2.45, 2.75) is 39.7 Å². The summed E-state index contributed by atoms with van der Waals surface area (Å²) in [5.74, 6) is 0.876. The monoisotopic (exact) mass is 279 g/mol. The molecular formula is C16H25NO3. The molecule has 0 saturated heterocycles. The van der Waals surface area contributed by atoms with E-state index in [2.05, 4.69) is 5.32 Å². The Balaban J connectivity index is 2.21. The van der Waals surface area contributed by atoms with Crippen LogP contribution in [0.4, 0.5) is 0 Å². The summed E-state index contributed by atoms with van der Waals surface area (Å²) in [6.45, 7) is 7.95. The maximum Gasteiger partial charge on any atom is 0.224 e. The molecule has 112 valence electrons. The van der Waals surface area contributed by atoms with Crippen LogP contribution in [0.25, 0.3) is 0 Å². The Bertz CT molecular complexity index is 387. The molecule has 4 heteroatoms. The number of hydrogen-bond donors (Lipinski definition) is 1. The Hall–Kier alpha value is -1.55. The molecule has 1 amide bonds. The van der Waals surface area contributed by atoms with Gasteiger partial charge in [-0.3, -0.25) is 4.79 Å². The second-order valence-corrected chi connectivity index (χ2v) is 4.88. The third-order valence-corrected chi connectivity index (χ3v) is 2.69. The van der Waals surface area contributed by atoms with Gasteiger partial charge >= 0.3 is 0 Å². The topological polar surface area (TPSA) is 47.6 Å². The second-order valence-electron chi connectivity index (χ2n) is 4.88. The Morgan fingerprint density at radius 1 is 1.25 bits per heavy atom. The fourth-order valence-electron chi connectivity index (χ4n) is 1.74. The minimum Gasteiger partial charge on any atom is -0.494 e. The number of benzene rings is 1. The van der Waals surface area contributed by atoms with Gasteiger partial charge in [0.2, 0.25) is 5.91 Å². The van der Waals surface area contributed by atoms with Crippen molar-refractivity contribution >= 4 is 5.91 Å². The van der Waals surface area contributed by atoms with Crippen molar-refractivity contribution in [1.82, 2.24) is 5.32 Å². The molecule has 0 aliphatic rings. The first-order chi connectivity index (χ1) is 9.61. The number of ether oxygens (including phenoxy) is 2. The Morgan fingerprint density at radius 2 is 1.95 bits per heavy atom. The number of carbonyl (C=O) groups excluding carboxylic acids is 1. The van der Waals surface area contributed by atoms with Crippen LogP contribution in [0.3, 0.4) is 0 Å². The first kappa shape index (κ1) is 16.5. The first-order valence-corrected chi connectivity index (χ1v) is 7.22. The lowest BCUT2D eigenvalue weighted by molar-refractivity contribution is -0.120. The van der Waals surface area contributed by atoms with Crippen LogP contribution in [0.2, 0.25) is 0 Å². The summed E-state index contributed by atoms with van der Waals surface area (Å²) in [6.07, 6.45) is 1.49. The summed E-state index contributed by atoms with van der Waals surface area (Å²) in [6, 6.07) is 7.63. The van der Waals surface area contributed by atoms with Gasteiger partial charge in [0.15, 0.2) is 0 Å². The first-order valence-electron chi connectivity index (χ1n) is 7.22. The lowest BCUT2D eigenvalue weighted by atomic mass is 10.1. The van der Waals surface area contributed by atoms with Crippen molar-refractivity contribution < 1.29 is 14.3 Å². The summed E-state index contributed by atoms with van der Waals surface area (Å²) in [5, 5.41) is 2.89. The Kier molecular flexibility index (Phi) is 7.73. The zero-order chi connectivity index (χ0) is 14.8. The van der Waals surface area contributed by atoms with E-state index < -0.39 is 0 Å². The normalized spacial score (nSPS) is 10.6. The molecule has 0 fully saturated rings. The third-order valence-electron chi connectivity index (χ3n) is 2.69. The summed E-state index contributed by atoms with van der Waals surface area (Å²) in [7, 11) is 0. The second kappa shape index (κ2) is 9.37. The number of nitrogens with one attached hydrogen (secondary N) is 1. The molecular weight excluding hydrogens is 254 g/mol. The van der Waals surface area contributed by atoms with Crippen LogP contribution >= 0.6 is 0 Å². The molecule has 20 heavy (non-hydrogen) atoms. The van der Waals surface area contributed by atoms with Gasteiger partial charge < -0.3 is 14.8 Å². The largest absolute Gasteiger partial charge is 0.494 e. The van der Waals surface area contributed by atoms with Gasteiger partial charge in [0, 0.05) is 13.2 Å². The SMILES string of the molecule is CCOc1ccc(CC(=O)NCCCOC(C)C)cc1. The van der Waals surface area contributed by atoms with Crippen LogP contribution < -0.4 is 10.1 Å². The highest BCUT2D eigenvalue weighted by Gasteiger charge is 2.03. The molecule has 1 aromatic carbocycles. The molecule has 4 nitrogen and oxygen atoms in total. The lowest BCUT2D eigenvalue weighted by Gasteiger charge is -2.08. The average Bonchev–Trinajstić information content (AvgIpc) is 2.40. The predicted molar refractivity (Wildman–Crippen MR) is 80.0 cm³/mol. The highest BCUT2D eigenvalue weighted by molar-refractivity contribution is 5.78. The number of rotatable bonds is 9. The zero-order valence-corrected chi connectivity index (χ0v) is 12.6. The van der Waals surface area contributed by atoms with Crippen molar-refractivity contribution in [3.8, 4) is 5.75 Å². The standard InChI is InChI=1S/C16H25NO3/c1-4-19-15-8-6-14(7-9-15)12-16(18)17-10-5-11-20-13(2)3/h6-9,13H,4-5,10-12H2,1-3H3,(H,17,18). The molecule has 0 saturated carbocycles. The van der Waals surface area contributed by atoms with Gasteiger partial charge in [-0.1, -0.05) is 12.1 Å². The summed E-state index contributed by atoms with van der Waals surface area (Å²) in [5.41, 5.74) is 0.990. The van der Waals surface area contributed by atoms with Crippen molar-refractivity contribution in [3.63, 3.8) is 0 Å². The fraction of sp³-hybridized carbons (Fsp3) is 0.562. The van der Waals surface area contributed by atoms with Crippen LogP contribution in [0.5, 0.6) is 5.75 Å². The molecule has 0 heterocycles. The molecule has 1 N–H and O–H groups in total. The molecule has 0 aromatic heterocycles. The molecule has 0 aliphatic heterocycles. The average molecular weight is 279 g/mol. The van der Waals surface area contributed by atoms with E-state index in [0.29, 0.717) is 26.2 Å². The molecule has 0 aliphatic carbocycles. The lowest BCUT2D eigenvalue weighted by Crippen LogP contribution is -2.27. The van der Waals surface area contributed by atoms with Gasteiger partial charge in [-0.15, -0.1) is 0 Å². The van der Waals surface area contributed by atoms with Crippen molar-refractivity contribution in [2.24, 2.45) is 0 Å². The maximum atomic E-state index is 11.7. The van der Waals surface area contributed by atoms with E-state index in [0.717, 1.165) is 17.7 Å². The highest BCUT2D eigenvalue weighted by Crippen LogP contribution is 2.12. The van der Waals surface area contributed by atoms with Crippen molar-refractivity contribution in [2.75, 3.05) is 19.8 Å². The Morgan fingerprint density at radius 3 is 2.55 bits per heavy atom. The van der Waals surface area contributed by atoms with Crippen LogP contribution in [0.1, 0.15) is 32.8 Å². The van der Waals surface area contributed by atoms with Crippen molar-refractivity contribution in [1.29, 1.82) is 0 Å². The van der Waals surface area contributed by atoms with Crippen LogP contribution in [-0.4, -0.2) is 31.8 Å². The van der Waals surface area contributed by atoms with Gasteiger partial charge in [-0.05, 0) is 44.9 Å². The molecule has 0 unspecified atom stereocenters. The van der Waals surface area contributed by atoms with Crippen LogP contribution in [-0.2, 0) is 16.0 Å². The fourth-order valence-corrected chi connectivity index (χ4v) is 1.74. The van der Waals surface area contributed by atoms with Gasteiger partial charge in [-0.2, -0.15) is 0 Å². The minimum atomic E-state index is 0.0405. The minimum absolute atomic E-state index is 0.0405. The van der Waals surface area contributed by atoms with E-state index in [9.17, 15) is 4.79 Å².